The minimum atomic E-state index is -0.568. The Morgan fingerprint density at radius 3 is 1.34 bits per heavy atom. The smallest absolute Gasteiger partial charge is 0.263 e. The molecular formula is C35H40N2O7. The second kappa shape index (κ2) is 14.8. The standard InChI is InChI=1S/C19H23NO3.C16H17NO4/c1-4-5-6-14-7-9-15(10-8-14)20-19(23)16-17(21)12(2)11-13(3)18(16)22;1-9-8-10(2)15(19)13(14(9)18)16(20)17-11-4-6-12(21-3)7-5-11/h7-11,21-22H,4-6H2,1-3H3,(H,20,23);4-8,18-19H,1-3H3,(H,17,20). The highest BCUT2D eigenvalue weighted by atomic mass is 16.5. The molecule has 0 fully saturated rings. The number of phenolic OH excluding ortho intramolecular Hbond substituents is 4. The minimum absolute atomic E-state index is 0.0856. The van der Waals surface area contributed by atoms with Crippen LogP contribution in [0.1, 0.15) is 68.3 Å². The van der Waals surface area contributed by atoms with Gasteiger partial charge in [-0.25, -0.2) is 0 Å². The maximum Gasteiger partial charge on any atom is 0.263 e. The summed E-state index contributed by atoms with van der Waals surface area (Å²) in [7, 11) is 1.55. The fraction of sp³-hybridized carbons (Fsp3) is 0.257. The zero-order valence-electron chi connectivity index (χ0n) is 25.9. The van der Waals surface area contributed by atoms with Gasteiger partial charge < -0.3 is 35.8 Å². The van der Waals surface area contributed by atoms with Crippen LogP contribution in [0.5, 0.6) is 28.7 Å². The monoisotopic (exact) mass is 600 g/mol. The first-order chi connectivity index (χ1) is 20.9. The molecule has 44 heavy (non-hydrogen) atoms. The van der Waals surface area contributed by atoms with Gasteiger partial charge in [0, 0.05) is 11.4 Å². The summed E-state index contributed by atoms with van der Waals surface area (Å²) < 4.78 is 5.04. The minimum Gasteiger partial charge on any atom is -0.507 e. The molecule has 0 aromatic heterocycles. The number of aromatic hydroxyl groups is 4. The molecule has 232 valence electrons. The molecule has 0 radical (unpaired) electrons. The Labute approximate surface area is 257 Å². The third kappa shape index (κ3) is 8.01. The van der Waals surface area contributed by atoms with Crippen LogP contribution in [0.25, 0.3) is 0 Å². The van der Waals surface area contributed by atoms with Gasteiger partial charge >= 0.3 is 0 Å². The second-order valence-corrected chi connectivity index (χ2v) is 10.6. The quantitative estimate of drug-likeness (QED) is 0.124. The number of hydrogen-bond acceptors (Lipinski definition) is 7. The number of carbonyl (C=O) groups excluding carboxylic acids is 2. The van der Waals surface area contributed by atoms with Crippen molar-refractivity contribution >= 4 is 23.2 Å². The zero-order valence-corrected chi connectivity index (χ0v) is 25.9. The highest BCUT2D eigenvalue weighted by molar-refractivity contribution is 6.09. The predicted molar refractivity (Wildman–Crippen MR) is 172 cm³/mol. The maximum absolute atomic E-state index is 12.4. The van der Waals surface area contributed by atoms with Crippen LogP contribution in [0.15, 0.2) is 60.7 Å². The van der Waals surface area contributed by atoms with Crippen molar-refractivity contribution in [1.29, 1.82) is 0 Å². The number of ether oxygens (including phenoxy) is 1. The number of nitrogens with one attached hydrogen (secondary N) is 2. The summed E-state index contributed by atoms with van der Waals surface area (Å²) in [6.45, 7) is 8.89. The van der Waals surface area contributed by atoms with E-state index in [9.17, 15) is 30.0 Å². The van der Waals surface area contributed by atoms with Crippen LogP contribution in [0.2, 0.25) is 0 Å². The third-order valence-electron chi connectivity index (χ3n) is 7.14. The second-order valence-electron chi connectivity index (χ2n) is 10.6. The predicted octanol–water partition coefficient (Wildman–Crippen LogP) is 7.29. The number of hydrogen-bond donors (Lipinski definition) is 6. The van der Waals surface area contributed by atoms with E-state index in [-0.39, 0.29) is 34.1 Å². The lowest BCUT2D eigenvalue weighted by molar-refractivity contribution is 0.101. The van der Waals surface area contributed by atoms with Gasteiger partial charge in [0.05, 0.1) is 7.11 Å². The fourth-order valence-electron chi connectivity index (χ4n) is 4.56. The summed E-state index contributed by atoms with van der Waals surface area (Å²) in [6, 6.07) is 17.6. The number of aryl methyl sites for hydroxylation is 5. The van der Waals surface area contributed by atoms with Gasteiger partial charge in [0.25, 0.3) is 11.8 Å². The number of benzene rings is 4. The number of methoxy groups -OCH3 is 1. The lowest BCUT2D eigenvalue weighted by Crippen LogP contribution is -2.13. The van der Waals surface area contributed by atoms with Crippen LogP contribution >= 0.6 is 0 Å². The molecule has 0 unspecified atom stereocenters. The van der Waals surface area contributed by atoms with E-state index in [1.54, 1.807) is 71.2 Å². The van der Waals surface area contributed by atoms with Crippen LogP contribution < -0.4 is 15.4 Å². The highest BCUT2D eigenvalue weighted by Gasteiger charge is 2.21. The molecule has 0 aliphatic rings. The summed E-state index contributed by atoms with van der Waals surface area (Å²) >= 11 is 0. The van der Waals surface area contributed by atoms with Crippen LogP contribution in [-0.2, 0) is 6.42 Å². The number of phenols is 4. The van der Waals surface area contributed by atoms with Gasteiger partial charge in [-0.2, -0.15) is 0 Å². The first kappa shape index (κ1) is 33.3. The van der Waals surface area contributed by atoms with Crippen LogP contribution in [0.3, 0.4) is 0 Å². The topological polar surface area (TPSA) is 148 Å². The first-order valence-corrected chi connectivity index (χ1v) is 14.3. The van der Waals surface area contributed by atoms with E-state index in [4.69, 9.17) is 4.74 Å². The first-order valence-electron chi connectivity index (χ1n) is 14.3. The van der Waals surface area contributed by atoms with E-state index in [1.807, 2.05) is 24.3 Å². The van der Waals surface area contributed by atoms with E-state index in [0.29, 0.717) is 39.4 Å². The van der Waals surface area contributed by atoms with Crippen molar-refractivity contribution in [1.82, 2.24) is 0 Å². The molecule has 0 saturated heterocycles. The molecule has 9 heteroatoms. The van der Waals surface area contributed by atoms with Gasteiger partial charge in [0.1, 0.15) is 39.9 Å². The molecule has 0 bridgehead atoms. The Morgan fingerprint density at radius 2 is 1.00 bits per heavy atom. The molecule has 2 amide bonds. The van der Waals surface area contributed by atoms with Crippen LogP contribution in [-0.4, -0.2) is 39.4 Å². The summed E-state index contributed by atoms with van der Waals surface area (Å²) in [5.74, 6) is -1.23. The van der Waals surface area contributed by atoms with Crippen molar-refractivity contribution in [2.45, 2.75) is 53.9 Å². The van der Waals surface area contributed by atoms with E-state index in [1.165, 1.54) is 5.56 Å². The van der Waals surface area contributed by atoms with Crippen molar-refractivity contribution in [2.24, 2.45) is 0 Å². The number of rotatable bonds is 8. The largest absolute Gasteiger partial charge is 0.507 e. The van der Waals surface area contributed by atoms with E-state index >= 15 is 0 Å². The third-order valence-corrected chi connectivity index (χ3v) is 7.14. The molecule has 0 saturated carbocycles. The molecule has 9 nitrogen and oxygen atoms in total. The van der Waals surface area contributed by atoms with E-state index in [0.717, 1.165) is 19.3 Å². The number of carbonyl (C=O) groups is 2. The molecule has 0 aliphatic heterocycles. The van der Waals surface area contributed by atoms with Crippen molar-refractivity contribution in [2.75, 3.05) is 17.7 Å². The van der Waals surface area contributed by atoms with Gasteiger partial charge in [0.2, 0.25) is 0 Å². The van der Waals surface area contributed by atoms with E-state index < -0.39 is 11.8 Å². The Bertz CT molecular complexity index is 1580. The van der Waals surface area contributed by atoms with Gasteiger partial charge in [-0.3, -0.25) is 9.59 Å². The Hall–Kier alpha value is -5.18. The van der Waals surface area contributed by atoms with Gasteiger partial charge in [-0.05, 0) is 117 Å². The fourth-order valence-corrected chi connectivity index (χ4v) is 4.56. The van der Waals surface area contributed by atoms with Crippen molar-refractivity contribution in [3.63, 3.8) is 0 Å². The number of unbranched alkanes of at least 4 members (excludes halogenated alkanes) is 1. The van der Waals surface area contributed by atoms with Gasteiger partial charge in [-0.15, -0.1) is 0 Å². The number of amides is 2. The summed E-state index contributed by atoms with van der Waals surface area (Å²) in [5, 5.41) is 45.5. The SMILES string of the molecule is CCCCc1ccc(NC(=O)c2c(O)c(C)cc(C)c2O)cc1.COc1ccc(NC(=O)c2c(O)c(C)cc(C)c2O)cc1. The number of anilines is 2. The summed E-state index contributed by atoms with van der Waals surface area (Å²) in [6.07, 6.45) is 3.29. The molecule has 4 rings (SSSR count). The molecule has 6 N–H and O–H groups in total. The van der Waals surface area contributed by atoms with Gasteiger partial charge in [-0.1, -0.05) is 25.5 Å². The Balaban J connectivity index is 0.000000241. The van der Waals surface area contributed by atoms with Crippen LogP contribution in [0.4, 0.5) is 11.4 Å². The van der Waals surface area contributed by atoms with Crippen LogP contribution in [0, 0.1) is 27.7 Å². The summed E-state index contributed by atoms with van der Waals surface area (Å²) in [5.41, 5.74) is 4.37. The van der Waals surface area contributed by atoms with Crippen molar-refractivity contribution < 1.29 is 34.8 Å². The average Bonchev–Trinajstić information content (AvgIpc) is 3.00. The zero-order chi connectivity index (χ0) is 32.6. The molecular weight excluding hydrogens is 560 g/mol. The van der Waals surface area contributed by atoms with E-state index in [2.05, 4.69) is 17.6 Å². The van der Waals surface area contributed by atoms with Crippen molar-refractivity contribution in [3.8, 4) is 28.7 Å². The molecule has 0 atom stereocenters. The lowest BCUT2D eigenvalue weighted by atomic mass is 10.0. The average molecular weight is 601 g/mol. The van der Waals surface area contributed by atoms with Gasteiger partial charge in [0.15, 0.2) is 0 Å². The normalized spacial score (nSPS) is 10.4. The maximum atomic E-state index is 12.4. The molecule has 4 aromatic rings. The molecule has 0 aliphatic carbocycles. The highest BCUT2D eigenvalue weighted by Crippen LogP contribution is 2.35. The molecule has 0 spiro atoms. The molecule has 4 aromatic carbocycles. The summed E-state index contributed by atoms with van der Waals surface area (Å²) in [4.78, 5) is 24.6. The molecule has 0 heterocycles. The Morgan fingerprint density at radius 1 is 0.636 bits per heavy atom. The van der Waals surface area contributed by atoms with Crippen molar-refractivity contribution in [3.05, 3.63) is 99.6 Å². The Kier molecular flexibility index (Phi) is 11.2. The lowest BCUT2D eigenvalue weighted by Gasteiger charge is -2.12.